The van der Waals surface area contributed by atoms with Crippen LogP contribution in [0.2, 0.25) is 0 Å². The van der Waals surface area contributed by atoms with Gasteiger partial charge >= 0.3 is 12.4 Å². The molecule has 0 bridgehead atoms. The highest BCUT2D eigenvalue weighted by Gasteiger charge is 2.57. The summed E-state index contributed by atoms with van der Waals surface area (Å²) in [7, 11) is 1.59. The Morgan fingerprint density at radius 3 is 2.14 bits per heavy atom. The van der Waals surface area contributed by atoms with E-state index in [2.05, 4.69) is 10.1 Å². The topological polar surface area (TPSA) is 21.3 Å². The third-order valence-corrected chi connectivity index (χ3v) is 2.49. The third kappa shape index (κ3) is 5.16. The van der Waals surface area contributed by atoms with Crippen molar-refractivity contribution in [2.45, 2.75) is 31.6 Å². The summed E-state index contributed by atoms with van der Waals surface area (Å²) >= 11 is 0. The second kappa shape index (κ2) is 6.61. The second-order valence-electron chi connectivity index (χ2n) is 4.23. The molecule has 0 unspecified atom stereocenters. The molecule has 0 aliphatic heterocycles. The van der Waals surface area contributed by atoms with Crippen LogP contribution in [0.1, 0.15) is 11.1 Å². The first-order valence-corrected chi connectivity index (χ1v) is 5.72. The summed E-state index contributed by atoms with van der Waals surface area (Å²) in [5.41, 5.74) is 0.134. The maximum atomic E-state index is 13.4. The highest BCUT2D eigenvalue weighted by Crippen LogP contribution is 2.36. The van der Waals surface area contributed by atoms with E-state index < -0.39 is 30.9 Å². The molecule has 0 saturated heterocycles. The van der Waals surface area contributed by atoms with E-state index in [0.29, 0.717) is 5.56 Å². The number of alkyl halides is 6. The molecule has 1 N–H and O–H groups in total. The van der Waals surface area contributed by atoms with E-state index >= 15 is 0 Å². The van der Waals surface area contributed by atoms with Crippen LogP contribution in [0.4, 0.5) is 30.7 Å². The number of ether oxygens (including phenoxy) is 1. The number of hydrogen-bond acceptors (Lipinski definition) is 2. The minimum Gasteiger partial charge on any atom is -0.356 e. The fourth-order valence-electron chi connectivity index (χ4n) is 1.60. The molecular formula is C12H12F7NO. The first kappa shape index (κ1) is 17.7. The summed E-state index contributed by atoms with van der Waals surface area (Å²) in [6.07, 6.45) is -15.2. The van der Waals surface area contributed by atoms with Gasteiger partial charge in [-0.15, -0.1) is 0 Å². The lowest BCUT2D eigenvalue weighted by Crippen LogP contribution is -2.44. The molecule has 0 aliphatic rings. The zero-order chi connectivity index (χ0) is 16.3. The SMILES string of the molecule is CNCc1ccc(F)c(COC(C(F)(F)F)C(F)(F)F)c1. The average molecular weight is 319 g/mol. The average Bonchev–Trinajstić information content (AvgIpc) is 2.30. The highest BCUT2D eigenvalue weighted by atomic mass is 19.4. The zero-order valence-corrected chi connectivity index (χ0v) is 10.8. The van der Waals surface area contributed by atoms with E-state index in [9.17, 15) is 30.7 Å². The summed E-state index contributed by atoms with van der Waals surface area (Å²) in [5.74, 6) is -0.932. The van der Waals surface area contributed by atoms with Gasteiger partial charge in [0.15, 0.2) is 0 Å². The summed E-state index contributed by atoms with van der Waals surface area (Å²) in [6.45, 7) is -0.845. The van der Waals surface area contributed by atoms with Crippen molar-refractivity contribution in [2.75, 3.05) is 7.05 Å². The summed E-state index contributed by atoms with van der Waals surface area (Å²) in [5, 5.41) is 2.72. The van der Waals surface area contributed by atoms with Crippen LogP contribution in [-0.2, 0) is 17.9 Å². The molecule has 2 nitrogen and oxygen atoms in total. The van der Waals surface area contributed by atoms with Gasteiger partial charge < -0.3 is 10.1 Å². The molecule has 0 saturated carbocycles. The normalized spacial score (nSPS) is 13.0. The predicted molar refractivity (Wildman–Crippen MR) is 59.9 cm³/mol. The van der Waals surface area contributed by atoms with Crippen molar-refractivity contribution in [1.29, 1.82) is 0 Å². The van der Waals surface area contributed by atoms with E-state index in [1.165, 1.54) is 6.07 Å². The second-order valence-corrected chi connectivity index (χ2v) is 4.23. The number of hydrogen-bond donors (Lipinski definition) is 1. The first-order chi connectivity index (χ1) is 9.55. The Hall–Kier alpha value is -1.35. The van der Waals surface area contributed by atoms with Crippen molar-refractivity contribution in [2.24, 2.45) is 0 Å². The van der Waals surface area contributed by atoms with Crippen molar-refractivity contribution >= 4 is 0 Å². The Kier molecular flexibility index (Phi) is 5.57. The van der Waals surface area contributed by atoms with Gasteiger partial charge in [-0.05, 0) is 24.7 Å². The molecule has 9 heteroatoms. The molecule has 1 aromatic rings. The summed E-state index contributed by atoms with van der Waals surface area (Å²) < 4.78 is 90.9. The van der Waals surface area contributed by atoms with Crippen LogP contribution in [-0.4, -0.2) is 25.5 Å². The van der Waals surface area contributed by atoms with Crippen molar-refractivity contribution in [3.63, 3.8) is 0 Å². The van der Waals surface area contributed by atoms with Crippen LogP contribution >= 0.6 is 0 Å². The predicted octanol–water partition coefficient (Wildman–Crippen LogP) is 3.55. The number of benzene rings is 1. The molecule has 0 heterocycles. The smallest absolute Gasteiger partial charge is 0.356 e. The maximum absolute atomic E-state index is 13.4. The lowest BCUT2D eigenvalue weighted by Gasteiger charge is -2.23. The molecule has 0 aromatic heterocycles. The number of rotatable bonds is 5. The largest absolute Gasteiger partial charge is 0.423 e. The van der Waals surface area contributed by atoms with Crippen LogP contribution in [0.5, 0.6) is 0 Å². The lowest BCUT2D eigenvalue weighted by molar-refractivity contribution is -0.324. The Morgan fingerprint density at radius 2 is 1.67 bits per heavy atom. The van der Waals surface area contributed by atoms with Crippen LogP contribution in [0.3, 0.4) is 0 Å². The molecule has 0 radical (unpaired) electrons. The fourth-order valence-corrected chi connectivity index (χ4v) is 1.60. The molecule has 0 fully saturated rings. The highest BCUT2D eigenvalue weighted by molar-refractivity contribution is 5.24. The number of halogens is 7. The minimum atomic E-state index is -5.61. The standard InChI is InChI=1S/C12H12F7NO/c1-20-5-7-2-3-9(13)8(4-7)6-21-10(11(14,15)16)12(17,18)19/h2-4,10,20H,5-6H2,1H3. The van der Waals surface area contributed by atoms with Crippen LogP contribution < -0.4 is 5.32 Å². The Balaban J connectivity index is 2.88. The van der Waals surface area contributed by atoms with Gasteiger partial charge in [0.05, 0.1) is 6.61 Å². The van der Waals surface area contributed by atoms with Gasteiger partial charge in [-0.1, -0.05) is 6.07 Å². The Labute approximate surface area is 115 Å². The van der Waals surface area contributed by atoms with Crippen LogP contribution in [0, 0.1) is 5.82 Å². The molecule has 21 heavy (non-hydrogen) atoms. The summed E-state index contributed by atoms with van der Waals surface area (Å²) in [4.78, 5) is 0. The van der Waals surface area contributed by atoms with Gasteiger partial charge in [0.25, 0.3) is 0 Å². The van der Waals surface area contributed by atoms with Crippen molar-refractivity contribution < 1.29 is 35.5 Å². The van der Waals surface area contributed by atoms with E-state index in [0.717, 1.165) is 12.1 Å². The molecular weight excluding hydrogens is 307 g/mol. The van der Waals surface area contributed by atoms with Gasteiger partial charge in [0, 0.05) is 12.1 Å². The molecule has 0 atom stereocenters. The zero-order valence-electron chi connectivity index (χ0n) is 10.8. The third-order valence-electron chi connectivity index (χ3n) is 2.49. The monoisotopic (exact) mass is 319 g/mol. The lowest BCUT2D eigenvalue weighted by atomic mass is 10.1. The first-order valence-electron chi connectivity index (χ1n) is 5.72. The van der Waals surface area contributed by atoms with Crippen molar-refractivity contribution in [3.8, 4) is 0 Å². The van der Waals surface area contributed by atoms with Crippen LogP contribution in [0.15, 0.2) is 18.2 Å². The van der Waals surface area contributed by atoms with Gasteiger partial charge in [-0.25, -0.2) is 4.39 Å². The number of nitrogens with one attached hydrogen (secondary N) is 1. The Morgan fingerprint density at radius 1 is 1.10 bits per heavy atom. The quantitative estimate of drug-likeness (QED) is 0.838. The van der Waals surface area contributed by atoms with Gasteiger partial charge in [0.1, 0.15) is 5.82 Å². The molecule has 0 amide bonds. The minimum absolute atomic E-state index is 0.287. The maximum Gasteiger partial charge on any atom is 0.423 e. The molecule has 0 spiro atoms. The Bertz CT molecular complexity index is 456. The molecule has 120 valence electrons. The molecule has 1 aromatic carbocycles. The van der Waals surface area contributed by atoms with Gasteiger partial charge in [-0.2, -0.15) is 26.3 Å². The van der Waals surface area contributed by atoms with E-state index in [-0.39, 0.29) is 12.1 Å². The van der Waals surface area contributed by atoms with Gasteiger partial charge in [0.2, 0.25) is 6.10 Å². The fraction of sp³-hybridized carbons (Fsp3) is 0.500. The van der Waals surface area contributed by atoms with E-state index in [1.54, 1.807) is 7.05 Å². The van der Waals surface area contributed by atoms with E-state index in [4.69, 9.17) is 0 Å². The van der Waals surface area contributed by atoms with E-state index in [1.807, 2.05) is 0 Å². The van der Waals surface area contributed by atoms with Crippen molar-refractivity contribution in [1.82, 2.24) is 5.32 Å². The van der Waals surface area contributed by atoms with Gasteiger partial charge in [-0.3, -0.25) is 0 Å². The van der Waals surface area contributed by atoms with Crippen LogP contribution in [0.25, 0.3) is 0 Å². The van der Waals surface area contributed by atoms with Crippen molar-refractivity contribution in [3.05, 3.63) is 35.1 Å². The molecule has 1 rings (SSSR count). The molecule has 0 aliphatic carbocycles. The summed E-state index contributed by atoms with van der Waals surface area (Å²) in [6, 6.07) is 3.47.